The van der Waals surface area contributed by atoms with Crippen LogP contribution in [0.2, 0.25) is 0 Å². The Kier molecular flexibility index (Phi) is 6.05. The second-order valence-corrected chi connectivity index (χ2v) is 12.1. The van der Waals surface area contributed by atoms with Crippen molar-refractivity contribution in [3.63, 3.8) is 0 Å². The molecule has 4 aliphatic rings. The lowest BCUT2D eigenvalue weighted by Gasteiger charge is -2.64. The number of hydrogen-bond acceptors (Lipinski definition) is 5. The summed E-state index contributed by atoms with van der Waals surface area (Å²) in [4.78, 5) is 0. The number of guanidine groups is 1. The molecule has 0 aliphatic heterocycles. The molecule has 0 spiro atoms. The molecule has 34 heavy (non-hydrogen) atoms. The highest BCUT2D eigenvalue weighted by atomic mass is 16.5. The lowest BCUT2D eigenvalue weighted by Crippen LogP contribution is -2.64. The molecule has 1 aromatic rings. The van der Waals surface area contributed by atoms with Gasteiger partial charge in [-0.2, -0.15) is 0 Å². The molecule has 8 atom stereocenters. The van der Waals surface area contributed by atoms with E-state index in [1.165, 1.54) is 0 Å². The first-order valence-corrected chi connectivity index (χ1v) is 13.3. The first-order chi connectivity index (χ1) is 16.1. The summed E-state index contributed by atoms with van der Waals surface area (Å²) in [5.74, 6) is 1.38. The molecule has 0 amide bonds. The van der Waals surface area contributed by atoms with Crippen LogP contribution < -0.4 is 11.1 Å². The minimum Gasteiger partial charge on any atom is -0.472 e. The maximum atomic E-state index is 12.3. The lowest BCUT2D eigenvalue weighted by atomic mass is 9.43. The molecule has 0 unspecified atom stereocenters. The number of nitrogens with two attached hydrogens (primary N) is 1. The van der Waals surface area contributed by atoms with E-state index < -0.39 is 16.6 Å². The highest BCUT2D eigenvalue weighted by Gasteiger charge is 2.72. The molecule has 7 nitrogen and oxygen atoms in total. The summed E-state index contributed by atoms with van der Waals surface area (Å²) in [7, 11) is 0. The van der Waals surface area contributed by atoms with Gasteiger partial charge >= 0.3 is 0 Å². The van der Waals surface area contributed by atoms with Crippen LogP contribution in [0.25, 0.3) is 0 Å². The fourth-order valence-corrected chi connectivity index (χ4v) is 8.86. The normalized spacial score (nSPS) is 45.8. The molecule has 6 N–H and O–H groups in total. The molecule has 0 radical (unpaired) electrons. The van der Waals surface area contributed by atoms with Crippen molar-refractivity contribution in [2.24, 2.45) is 34.3 Å². The molecule has 1 aromatic heterocycles. The van der Waals surface area contributed by atoms with Gasteiger partial charge in [-0.25, -0.2) is 0 Å². The zero-order valence-electron chi connectivity index (χ0n) is 20.8. The first kappa shape index (κ1) is 24.1. The largest absolute Gasteiger partial charge is 0.472 e. The number of fused-ring (bicyclic) bond motifs is 5. The van der Waals surface area contributed by atoms with E-state index in [1.54, 1.807) is 12.5 Å². The standard InChI is InChI=1S/C27H43N3O4/c1-24-9-6-20(34-14-3-13-30-23(28)29)16-18(24)4-5-22-21(24)7-10-25(2)26(31,11-12-27(22,25)32)19-8-15-33-17-19/h8,15,17-18,20-22,31-32H,3-7,9-14,16H2,1-2H3,(H4,28,29,30)/t18-,20+,21+,22-,24+,25-,26+,27+/m1/s1. The number of nitrogens with one attached hydrogen (secondary N) is 2. The molecule has 0 saturated heterocycles. The van der Waals surface area contributed by atoms with Gasteiger partial charge in [-0.05, 0) is 93.4 Å². The van der Waals surface area contributed by atoms with Crippen LogP contribution in [0.1, 0.15) is 83.6 Å². The quantitative estimate of drug-likeness (QED) is 0.243. The Morgan fingerprint density at radius 3 is 2.71 bits per heavy atom. The Bertz CT molecular complexity index is 892. The SMILES string of the molecule is C[C@]12CC[C@H](OCCCNC(=N)N)C[C@H]1CC[C@@H]1[C@@H]2CC[C@]2(C)[C@@](O)(c3ccoc3)CC[C@]12O. The average molecular weight is 474 g/mol. The van der Waals surface area contributed by atoms with Crippen molar-refractivity contribution < 1.29 is 19.4 Å². The van der Waals surface area contributed by atoms with Gasteiger partial charge in [0.1, 0.15) is 5.60 Å². The van der Waals surface area contributed by atoms with E-state index in [9.17, 15) is 10.2 Å². The topological polar surface area (TPSA) is 125 Å². The molecule has 5 rings (SSSR count). The number of rotatable bonds is 6. The van der Waals surface area contributed by atoms with Crippen molar-refractivity contribution in [3.8, 4) is 0 Å². The van der Waals surface area contributed by atoms with E-state index >= 15 is 0 Å². The Balaban J connectivity index is 1.27. The summed E-state index contributed by atoms with van der Waals surface area (Å²) >= 11 is 0. The summed E-state index contributed by atoms with van der Waals surface area (Å²) in [5.41, 5.74) is 3.97. The number of aliphatic hydroxyl groups is 2. The van der Waals surface area contributed by atoms with Gasteiger partial charge in [0.25, 0.3) is 0 Å². The molecule has 4 fully saturated rings. The van der Waals surface area contributed by atoms with Crippen LogP contribution in [0, 0.1) is 34.0 Å². The molecular weight excluding hydrogens is 430 g/mol. The molecule has 0 bridgehead atoms. The van der Waals surface area contributed by atoms with Crippen LogP contribution in [0.3, 0.4) is 0 Å². The van der Waals surface area contributed by atoms with Crippen LogP contribution >= 0.6 is 0 Å². The minimum absolute atomic E-state index is 0.0147. The van der Waals surface area contributed by atoms with Crippen molar-refractivity contribution >= 4 is 5.96 Å². The van der Waals surface area contributed by atoms with Gasteiger partial charge in [-0.15, -0.1) is 0 Å². The molecule has 0 aromatic carbocycles. The molecule has 4 aliphatic carbocycles. The van der Waals surface area contributed by atoms with Crippen LogP contribution in [-0.4, -0.2) is 41.0 Å². The smallest absolute Gasteiger partial charge is 0.185 e. The summed E-state index contributed by atoms with van der Waals surface area (Å²) in [5, 5.41) is 34.3. The van der Waals surface area contributed by atoms with Gasteiger partial charge < -0.3 is 30.4 Å². The predicted molar refractivity (Wildman–Crippen MR) is 130 cm³/mol. The van der Waals surface area contributed by atoms with Crippen molar-refractivity contribution in [1.82, 2.24) is 5.32 Å². The maximum Gasteiger partial charge on any atom is 0.185 e. The number of hydrogen-bond donors (Lipinski definition) is 5. The van der Waals surface area contributed by atoms with E-state index in [0.29, 0.717) is 43.9 Å². The van der Waals surface area contributed by atoms with Crippen molar-refractivity contribution in [2.75, 3.05) is 13.2 Å². The summed E-state index contributed by atoms with van der Waals surface area (Å²) in [6.07, 6.45) is 13.1. The third-order valence-corrected chi connectivity index (χ3v) is 10.9. The van der Waals surface area contributed by atoms with Crippen molar-refractivity contribution in [3.05, 3.63) is 24.2 Å². The molecular formula is C27H43N3O4. The number of furan rings is 1. The van der Waals surface area contributed by atoms with Gasteiger partial charge in [0.2, 0.25) is 0 Å². The zero-order chi connectivity index (χ0) is 24.2. The summed E-state index contributed by atoms with van der Waals surface area (Å²) in [6, 6.07) is 1.87. The summed E-state index contributed by atoms with van der Waals surface area (Å²) in [6.45, 7) is 5.98. The highest BCUT2D eigenvalue weighted by Crippen LogP contribution is 2.71. The molecule has 190 valence electrons. The Morgan fingerprint density at radius 2 is 1.97 bits per heavy atom. The van der Waals surface area contributed by atoms with Crippen LogP contribution in [0.4, 0.5) is 0 Å². The maximum absolute atomic E-state index is 12.3. The molecule has 1 heterocycles. The highest BCUT2D eigenvalue weighted by molar-refractivity contribution is 5.74. The Morgan fingerprint density at radius 1 is 1.15 bits per heavy atom. The third kappa shape index (κ3) is 3.45. The van der Waals surface area contributed by atoms with Crippen LogP contribution in [0.5, 0.6) is 0 Å². The first-order valence-electron chi connectivity index (χ1n) is 13.3. The average Bonchev–Trinajstić information content (AvgIpc) is 3.41. The van der Waals surface area contributed by atoms with Gasteiger partial charge in [0, 0.05) is 24.1 Å². The summed E-state index contributed by atoms with van der Waals surface area (Å²) < 4.78 is 11.6. The van der Waals surface area contributed by atoms with E-state index in [-0.39, 0.29) is 17.3 Å². The fourth-order valence-electron chi connectivity index (χ4n) is 8.86. The van der Waals surface area contributed by atoms with E-state index in [4.69, 9.17) is 20.3 Å². The Labute approximate surface area is 203 Å². The van der Waals surface area contributed by atoms with Gasteiger partial charge in [0.05, 0.1) is 24.2 Å². The predicted octanol–water partition coefficient (Wildman–Crippen LogP) is 3.88. The second kappa shape index (κ2) is 8.52. The van der Waals surface area contributed by atoms with E-state index in [1.807, 2.05) is 6.07 Å². The van der Waals surface area contributed by atoms with E-state index in [0.717, 1.165) is 56.9 Å². The third-order valence-electron chi connectivity index (χ3n) is 10.9. The van der Waals surface area contributed by atoms with E-state index in [2.05, 4.69) is 19.2 Å². The Hall–Kier alpha value is -1.57. The van der Waals surface area contributed by atoms with Gasteiger partial charge in [-0.1, -0.05) is 13.8 Å². The second-order valence-electron chi connectivity index (χ2n) is 12.1. The van der Waals surface area contributed by atoms with Crippen LogP contribution in [0.15, 0.2) is 23.0 Å². The zero-order valence-corrected chi connectivity index (χ0v) is 20.8. The van der Waals surface area contributed by atoms with Gasteiger partial charge in [-0.3, -0.25) is 5.41 Å². The van der Waals surface area contributed by atoms with Crippen LogP contribution in [-0.2, 0) is 10.3 Å². The van der Waals surface area contributed by atoms with Crippen molar-refractivity contribution in [2.45, 2.75) is 95.4 Å². The number of ether oxygens (including phenoxy) is 1. The minimum atomic E-state index is -1.03. The fraction of sp³-hybridized carbons (Fsp3) is 0.815. The molecule has 7 heteroatoms. The lowest BCUT2D eigenvalue weighted by molar-refractivity contribution is -0.239. The van der Waals surface area contributed by atoms with Crippen molar-refractivity contribution in [1.29, 1.82) is 5.41 Å². The monoisotopic (exact) mass is 473 g/mol. The molecule has 4 saturated carbocycles. The van der Waals surface area contributed by atoms with Gasteiger partial charge in [0.15, 0.2) is 5.96 Å².